The molecule has 4 rings (SSSR count). The van der Waals surface area contributed by atoms with Crippen molar-refractivity contribution >= 4 is 22.8 Å². The molecule has 1 aliphatic rings. The zero-order chi connectivity index (χ0) is 22.0. The van der Waals surface area contributed by atoms with Gasteiger partial charge in [0.1, 0.15) is 5.69 Å². The van der Waals surface area contributed by atoms with E-state index >= 15 is 0 Å². The molecule has 0 radical (unpaired) electrons. The Morgan fingerprint density at radius 2 is 2.03 bits per heavy atom. The number of hydrogen-bond acceptors (Lipinski definition) is 5. The number of amides is 1. The molecule has 2 heterocycles. The quantitative estimate of drug-likeness (QED) is 0.439. The molecule has 7 nitrogen and oxygen atoms in total. The highest BCUT2D eigenvalue weighted by Gasteiger charge is 2.21. The molecule has 1 aliphatic carbocycles. The van der Waals surface area contributed by atoms with Gasteiger partial charge in [0.25, 0.3) is 5.91 Å². The summed E-state index contributed by atoms with van der Waals surface area (Å²) in [4.78, 5) is 29.8. The summed E-state index contributed by atoms with van der Waals surface area (Å²) in [5, 5.41) is 8.10. The van der Waals surface area contributed by atoms with Gasteiger partial charge in [-0.25, -0.2) is 9.78 Å². The number of carbonyl (C=O) groups excluding carboxylic acids is 2. The standard InChI is InChI=1S/C24H28N4O3/c1-15-20(14-26-28(15)2)19-13-21(23(29)25-12-5-4-7-16-10-11-16)27-22-17(19)8-6-9-18(22)24(30)31-3/h6,8-9,13-14,16H,4-5,7,10-12H2,1-3H3,(H,25,29). The van der Waals surface area contributed by atoms with Crippen molar-refractivity contribution in [2.75, 3.05) is 13.7 Å². The molecule has 2 aromatic heterocycles. The monoisotopic (exact) mass is 420 g/mol. The third-order valence-corrected chi connectivity index (χ3v) is 6.02. The maximum atomic E-state index is 12.9. The largest absolute Gasteiger partial charge is 0.465 e. The Balaban J connectivity index is 1.70. The highest BCUT2D eigenvalue weighted by Crippen LogP contribution is 2.34. The summed E-state index contributed by atoms with van der Waals surface area (Å²) in [6, 6.07) is 7.15. The number of nitrogens with zero attached hydrogens (tertiary/aromatic N) is 3. The number of unbranched alkanes of at least 4 members (excludes halogenated alkanes) is 1. The minimum Gasteiger partial charge on any atom is -0.465 e. The first-order chi connectivity index (χ1) is 15.0. The third-order valence-electron chi connectivity index (χ3n) is 6.02. The molecular weight excluding hydrogens is 392 g/mol. The van der Waals surface area contributed by atoms with Gasteiger partial charge in [-0.2, -0.15) is 5.10 Å². The van der Waals surface area contributed by atoms with Crippen molar-refractivity contribution in [3.05, 3.63) is 47.4 Å². The Morgan fingerprint density at radius 1 is 1.23 bits per heavy atom. The number of aryl methyl sites for hydroxylation is 1. The Bertz CT molecular complexity index is 1130. The SMILES string of the molecule is COC(=O)c1cccc2c(-c3cnn(C)c3C)cc(C(=O)NCCCCC3CC3)nc12. The summed E-state index contributed by atoms with van der Waals surface area (Å²) < 4.78 is 6.72. The van der Waals surface area contributed by atoms with E-state index in [4.69, 9.17) is 4.74 Å². The second-order valence-corrected chi connectivity index (χ2v) is 8.21. The van der Waals surface area contributed by atoms with Crippen LogP contribution in [0.5, 0.6) is 0 Å². The highest BCUT2D eigenvalue weighted by atomic mass is 16.5. The number of carbonyl (C=O) groups is 2. The number of para-hydroxylation sites is 1. The average Bonchev–Trinajstić information content (AvgIpc) is 3.55. The van der Waals surface area contributed by atoms with Gasteiger partial charge in [-0.15, -0.1) is 0 Å². The van der Waals surface area contributed by atoms with Gasteiger partial charge in [0, 0.05) is 30.2 Å². The van der Waals surface area contributed by atoms with E-state index in [0.29, 0.717) is 17.6 Å². The van der Waals surface area contributed by atoms with Crippen LogP contribution in [-0.4, -0.2) is 40.3 Å². The van der Waals surface area contributed by atoms with Crippen LogP contribution in [0.3, 0.4) is 0 Å². The summed E-state index contributed by atoms with van der Waals surface area (Å²) in [5.41, 5.74) is 3.75. The maximum absolute atomic E-state index is 12.9. The van der Waals surface area contributed by atoms with Crippen LogP contribution < -0.4 is 5.32 Å². The molecule has 3 aromatic rings. The highest BCUT2D eigenvalue weighted by molar-refractivity contribution is 6.09. The predicted molar refractivity (Wildman–Crippen MR) is 119 cm³/mol. The van der Waals surface area contributed by atoms with Crippen molar-refractivity contribution in [2.24, 2.45) is 13.0 Å². The number of nitrogens with one attached hydrogen (secondary N) is 1. The summed E-state index contributed by atoms with van der Waals surface area (Å²) in [5.74, 6) is 0.181. The first-order valence-corrected chi connectivity index (χ1v) is 10.8. The fraction of sp³-hybridized carbons (Fsp3) is 0.417. The van der Waals surface area contributed by atoms with Crippen LogP contribution in [0.2, 0.25) is 0 Å². The molecule has 1 N–H and O–H groups in total. The number of ether oxygens (including phenoxy) is 1. The molecule has 31 heavy (non-hydrogen) atoms. The van der Waals surface area contributed by atoms with Crippen LogP contribution in [0.15, 0.2) is 30.5 Å². The van der Waals surface area contributed by atoms with Gasteiger partial charge in [-0.3, -0.25) is 9.48 Å². The Morgan fingerprint density at radius 3 is 2.71 bits per heavy atom. The van der Waals surface area contributed by atoms with Crippen LogP contribution in [0, 0.1) is 12.8 Å². The first-order valence-electron chi connectivity index (χ1n) is 10.8. The van der Waals surface area contributed by atoms with Crippen molar-refractivity contribution < 1.29 is 14.3 Å². The van der Waals surface area contributed by atoms with Crippen LogP contribution in [-0.2, 0) is 11.8 Å². The summed E-state index contributed by atoms with van der Waals surface area (Å²) >= 11 is 0. The fourth-order valence-electron chi connectivity index (χ4n) is 3.88. The van der Waals surface area contributed by atoms with Gasteiger partial charge in [-0.1, -0.05) is 37.8 Å². The van der Waals surface area contributed by atoms with Crippen LogP contribution in [0.25, 0.3) is 22.0 Å². The van der Waals surface area contributed by atoms with Crippen LogP contribution >= 0.6 is 0 Å². The Kier molecular flexibility index (Phi) is 6.02. The van der Waals surface area contributed by atoms with Gasteiger partial charge >= 0.3 is 5.97 Å². The predicted octanol–water partition coefficient (Wildman–Crippen LogP) is 4.04. The van der Waals surface area contributed by atoms with Crippen molar-refractivity contribution in [2.45, 2.75) is 39.0 Å². The first kappa shape index (κ1) is 21.0. The fourth-order valence-corrected chi connectivity index (χ4v) is 3.88. The van der Waals surface area contributed by atoms with Crippen LogP contribution in [0.1, 0.15) is 58.6 Å². The zero-order valence-corrected chi connectivity index (χ0v) is 18.3. The molecular formula is C24H28N4O3. The minimum absolute atomic E-state index is 0.240. The summed E-state index contributed by atoms with van der Waals surface area (Å²) in [7, 11) is 3.21. The van der Waals surface area contributed by atoms with Crippen molar-refractivity contribution in [1.29, 1.82) is 0 Å². The van der Waals surface area contributed by atoms with Gasteiger partial charge in [0.15, 0.2) is 0 Å². The van der Waals surface area contributed by atoms with E-state index in [2.05, 4.69) is 15.4 Å². The molecule has 0 bridgehead atoms. The normalized spacial score (nSPS) is 13.4. The molecule has 1 aromatic carbocycles. The molecule has 0 unspecified atom stereocenters. The van der Waals surface area contributed by atoms with E-state index in [-0.39, 0.29) is 11.6 Å². The average molecular weight is 421 g/mol. The summed E-state index contributed by atoms with van der Waals surface area (Å²) in [6.45, 7) is 2.59. The number of hydrogen-bond donors (Lipinski definition) is 1. The zero-order valence-electron chi connectivity index (χ0n) is 18.3. The Hall–Kier alpha value is -3.22. The number of aromatic nitrogens is 3. The lowest BCUT2D eigenvalue weighted by molar-refractivity contribution is 0.0602. The van der Waals surface area contributed by atoms with E-state index in [1.54, 1.807) is 29.1 Å². The van der Waals surface area contributed by atoms with Gasteiger partial charge in [0.2, 0.25) is 0 Å². The van der Waals surface area contributed by atoms with E-state index in [1.165, 1.54) is 26.4 Å². The van der Waals surface area contributed by atoms with Gasteiger partial charge < -0.3 is 10.1 Å². The number of benzene rings is 1. The lowest BCUT2D eigenvalue weighted by Crippen LogP contribution is -2.25. The number of fused-ring (bicyclic) bond motifs is 1. The van der Waals surface area contributed by atoms with Crippen molar-refractivity contribution in [3.8, 4) is 11.1 Å². The number of pyridine rings is 1. The van der Waals surface area contributed by atoms with E-state index in [1.807, 2.05) is 20.0 Å². The minimum atomic E-state index is -0.482. The molecule has 1 fully saturated rings. The molecule has 1 amide bonds. The number of esters is 1. The molecule has 1 saturated carbocycles. The topological polar surface area (TPSA) is 86.1 Å². The lowest BCUT2D eigenvalue weighted by Gasteiger charge is -2.12. The van der Waals surface area contributed by atoms with Crippen LogP contribution in [0.4, 0.5) is 0 Å². The number of methoxy groups -OCH3 is 1. The second kappa shape index (κ2) is 8.88. The van der Waals surface area contributed by atoms with Gasteiger partial charge in [-0.05, 0) is 37.0 Å². The molecule has 162 valence electrons. The second-order valence-electron chi connectivity index (χ2n) is 8.21. The Labute approximate surface area is 181 Å². The molecule has 7 heteroatoms. The van der Waals surface area contributed by atoms with Crippen molar-refractivity contribution in [1.82, 2.24) is 20.1 Å². The third kappa shape index (κ3) is 4.45. The molecule has 0 saturated heterocycles. The molecule has 0 spiro atoms. The van der Waals surface area contributed by atoms with E-state index < -0.39 is 5.97 Å². The molecule has 0 atom stereocenters. The van der Waals surface area contributed by atoms with Gasteiger partial charge in [0.05, 0.1) is 24.4 Å². The van der Waals surface area contributed by atoms with E-state index in [0.717, 1.165) is 41.0 Å². The lowest BCUT2D eigenvalue weighted by atomic mass is 9.98. The summed E-state index contributed by atoms with van der Waals surface area (Å²) in [6.07, 6.45) is 7.81. The number of rotatable bonds is 8. The molecule has 0 aliphatic heterocycles. The van der Waals surface area contributed by atoms with Crippen molar-refractivity contribution in [3.63, 3.8) is 0 Å². The smallest absolute Gasteiger partial charge is 0.340 e. The van der Waals surface area contributed by atoms with E-state index in [9.17, 15) is 9.59 Å². The maximum Gasteiger partial charge on any atom is 0.340 e.